The lowest BCUT2D eigenvalue weighted by Gasteiger charge is -2.11. The van der Waals surface area contributed by atoms with Crippen LogP contribution in [-0.2, 0) is 13.8 Å². The number of hydrogen-bond acceptors (Lipinski definition) is 4. The second-order valence-electron chi connectivity index (χ2n) is 4.79. The average Bonchev–Trinajstić information content (AvgIpc) is 2.35. The quantitative estimate of drug-likeness (QED) is 0.487. The summed E-state index contributed by atoms with van der Waals surface area (Å²) >= 11 is 3.12. The molecule has 1 aromatic carbocycles. The van der Waals surface area contributed by atoms with Gasteiger partial charge in [-0.1, -0.05) is 13.8 Å². The average molecular weight is 404 g/mol. The predicted octanol–water partition coefficient (Wildman–Crippen LogP) is 3.96. The standard InChI is InChI=1S/C13H17BrClFO4S/c1-9(2)3-4-19-5-6-20-12-8-11(16)13(7-10(12)14)21(15,17)18/h7-9H,3-6H2,1-2H3. The van der Waals surface area contributed by atoms with Gasteiger partial charge in [0.15, 0.2) is 0 Å². The molecule has 0 heterocycles. The molecule has 0 atom stereocenters. The zero-order valence-corrected chi connectivity index (χ0v) is 14.9. The number of rotatable bonds is 8. The van der Waals surface area contributed by atoms with E-state index in [1.165, 1.54) is 0 Å². The molecule has 0 unspecified atom stereocenters. The van der Waals surface area contributed by atoms with Crippen molar-refractivity contribution in [3.8, 4) is 5.75 Å². The molecular formula is C13H17BrClFO4S. The molecule has 0 saturated carbocycles. The van der Waals surface area contributed by atoms with Crippen molar-refractivity contribution >= 4 is 35.7 Å². The van der Waals surface area contributed by atoms with Gasteiger partial charge in [0.1, 0.15) is 23.1 Å². The molecule has 8 heteroatoms. The molecule has 0 aromatic heterocycles. The summed E-state index contributed by atoms with van der Waals surface area (Å²) in [5.74, 6) is -0.188. The monoisotopic (exact) mass is 402 g/mol. The van der Waals surface area contributed by atoms with Crippen molar-refractivity contribution in [1.29, 1.82) is 0 Å². The second kappa shape index (κ2) is 8.31. The first-order chi connectivity index (χ1) is 9.71. The zero-order valence-electron chi connectivity index (χ0n) is 11.7. The van der Waals surface area contributed by atoms with Gasteiger partial charge in [-0.3, -0.25) is 0 Å². The fourth-order valence-electron chi connectivity index (χ4n) is 1.44. The fraction of sp³-hybridized carbons (Fsp3) is 0.538. The maximum atomic E-state index is 13.6. The highest BCUT2D eigenvalue weighted by atomic mass is 79.9. The van der Waals surface area contributed by atoms with Gasteiger partial charge in [0.25, 0.3) is 9.05 Å². The summed E-state index contributed by atoms with van der Waals surface area (Å²) in [6.07, 6.45) is 0.959. The molecular weight excluding hydrogens is 387 g/mol. The zero-order chi connectivity index (χ0) is 16.0. The van der Waals surface area contributed by atoms with Gasteiger partial charge in [-0.05, 0) is 34.3 Å². The van der Waals surface area contributed by atoms with Crippen LogP contribution >= 0.6 is 26.6 Å². The SMILES string of the molecule is CC(C)CCOCCOc1cc(F)c(S(=O)(=O)Cl)cc1Br. The van der Waals surface area contributed by atoms with Gasteiger partial charge in [-0.15, -0.1) is 0 Å². The van der Waals surface area contributed by atoms with Crippen LogP contribution < -0.4 is 4.74 Å². The molecule has 4 nitrogen and oxygen atoms in total. The summed E-state index contributed by atoms with van der Waals surface area (Å²) < 4.78 is 47.0. The van der Waals surface area contributed by atoms with Crippen molar-refractivity contribution in [2.24, 2.45) is 5.92 Å². The minimum Gasteiger partial charge on any atom is -0.490 e. The van der Waals surface area contributed by atoms with Gasteiger partial charge < -0.3 is 9.47 Å². The summed E-state index contributed by atoms with van der Waals surface area (Å²) in [4.78, 5) is -0.587. The van der Waals surface area contributed by atoms with Crippen molar-refractivity contribution in [3.05, 3.63) is 22.4 Å². The van der Waals surface area contributed by atoms with E-state index in [0.717, 1.165) is 18.6 Å². The van der Waals surface area contributed by atoms with Crippen LogP contribution in [0.4, 0.5) is 4.39 Å². The summed E-state index contributed by atoms with van der Waals surface area (Å²) in [5, 5.41) is 0. The topological polar surface area (TPSA) is 52.6 Å². The van der Waals surface area contributed by atoms with E-state index >= 15 is 0 Å². The van der Waals surface area contributed by atoms with Crippen LogP contribution in [0, 0.1) is 11.7 Å². The van der Waals surface area contributed by atoms with Gasteiger partial charge >= 0.3 is 0 Å². The second-order valence-corrected chi connectivity index (χ2v) is 8.18. The maximum Gasteiger partial charge on any atom is 0.264 e. The normalized spacial score (nSPS) is 11.9. The lowest BCUT2D eigenvalue weighted by atomic mass is 10.1. The molecule has 0 fully saturated rings. The molecule has 1 rings (SSSR count). The molecule has 1 aromatic rings. The summed E-state index contributed by atoms with van der Waals surface area (Å²) in [7, 11) is 0.999. The van der Waals surface area contributed by atoms with Crippen LogP contribution in [0.1, 0.15) is 20.3 Å². The largest absolute Gasteiger partial charge is 0.490 e. The lowest BCUT2D eigenvalue weighted by molar-refractivity contribution is 0.0922. The molecule has 0 bridgehead atoms. The molecule has 21 heavy (non-hydrogen) atoms. The summed E-state index contributed by atoms with van der Waals surface area (Å²) in [5.41, 5.74) is 0. The van der Waals surface area contributed by atoms with Gasteiger partial charge in [0.05, 0.1) is 11.1 Å². The Morgan fingerprint density at radius 3 is 2.52 bits per heavy atom. The Morgan fingerprint density at radius 2 is 1.95 bits per heavy atom. The van der Waals surface area contributed by atoms with Gasteiger partial charge in [-0.2, -0.15) is 0 Å². The first-order valence-corrected chi connectivity index (χ1v) is 9.46. The summed E-state index contributed by atoms with van der Waals surface area (Å²) in [6, 6.07) is 2.06. The molecule has 0 aliphatic rings. The molecule has 0 aliphatic heterocycles. The molecule has 0 saturated heterocycles. The van der Waals surface area contributed by atoms with Crippen LogP contribution in [0.15, 0.2) is 21.5 Å². The Morgan fingerprint density at radius 1 is 1.29 bits per heavy atom. The van der Waals surface area contributed by atoms with E-state index < -0.39 is 19.8 Å². The van der Waals surface area contributed by atoms with Crippen molar-refractivity contribution in [3.63, 3.8) is 0 Å². The predicted molar refractivity (Wildman–Crippen MR) is 82.9 cm³/mol. The molecule has 120 valence electrons. The van der Waals surface area contributed by atoms with Crippen LogP contribution in [0.25, 0.3) is 0 Å². The Bertz CT molecular complexity index is 578. The van der Waals surface area contributed by atoms with E-state index in [1.807, 2.05) is 0 Å². The Balaban J connectivity index is 2.56. The smallest absolute Gasteiger partial charge is 0.264 e. The number of ether oxygens (including phenoxy) is 2. The molecule has 0 spiro atoms. The van der Waals surface area contributed by atoms with E-state index in [1.54, 1.807) is 0 Å². The highest BCUT2D eigenvalue weighted by molar-refractivity contribution is 9.10. The van der Waals surface area contributed by atoms with E-state index in [2.05, 4.69) is 29.8 Å². The van der Waals surface area contributed by atoms with Crippen molar-refractivity contribution in [2.75, 3.05) is 19.8 Å². The van der Waals surface area contributed by atoms with Crippen LogP contribution in [0.3, 0.4) is 0 Å². The minimum absolute atomic E-state index is 0.198. The Hall–Kier alpha value is -0.370. The number of halogens is 3. The minimum atomic E-state index is -4.13. The summed E-state index contributed by atoms with van der Waals surface area (Å²) in [6.45, 7) is 5.46. The third kappa shape index (κ3) is 6.50. The number of benzene rings is 1. The highest BCUT2D eigenvalue weighted by Gasteiger charge is 2.19. The lowest BCUT2D eigenvalue weighted by Crippen LogP contribution is -2.09. The van der Waals surface area contributed by atoms with Crippen molar-refractivity contribution in [2.45, 2.75) is 25.2 Å². The maximum absolute atomic E-state index is 13.6. The third-order valence-electron chi connectivity index (χ3n) is 2.57. The number of hydrogen-bond donors (Lipinski definition) is 0. The molecule has 0 amide bonds. The molecule has 0 N–H and O–H groups in total. The van der Waals surface area contributed by atoms with Crippen molar-refractivity contribution in [1.82, 2.24) is 0 Å². The molecule has 0 radical (unpaired) electrons. The van der Waals surface area contributed by atoms with Crippen LogP contribution in [0.2, 0.25) is 0 Å². The van der Waals surface area contributed by atoms with E-state index in [9.17, 15) is 12.8 Å². The fourth-order valence-corrected chi connectivity index (χ4v) is 2.95. The van der Waals surface area contributed by atoms with E-state index in [4.69, 9.17) is 20.2 Å². The van der Waals surface area contributed by atoms with E-state index in [0.29, 0.717) is 23.6 Å². The van der Waals surface area contributed by atoms with Crippen molar-refractivity contribution < 1.29 is 22.3 Å². The first kappa shape index (κ1) is 18.7. The van der Waals surface area contributed by atoms with Crippen LogP contribution in [-0.4, -0.2) is 28.2 Å². The van der Waals surface area contributed by atoms with Gasteiger partial charge in [0, 0.05) is 23.4 Å². The Kier molecular flexibility index (Phi) is 7.39. The third-order valence-corrected chi connectivity index (χ3v) is 4.53. The van der Waals surface area contributed by atoms with E-state index in [-0.39, 0.29) is 12.4 Å². The molecule has 0 aliphatic carbocycles. The van der Waals surface area contributed by atoms with Crippen LogP contribution in [0.5, 0.6) is 5.75 Å². The van der Waals surface area contributed by atoms with Gasteiger partial charge in [-0.25, -0.2) is 12.8 Å². The van der Waals surface area contributed by atoms with Gasteiger partial charge in [0.2, 0.25) is 0 Å². The first-order valence-electron chi connectivity index (χ1n) is 6.36. The Labute approximate surface area is 137 Å². The highest BCUT2D eigenvalue weighted by Crippen LogP contribution is 2.31.